The van der Waals surface area contributed by atoms with E-state index in [0.29, 0.717) is 67.5 Å². The quantitative estimate of drug-likeness (QED) is 0.0627. The molecule has 2 fully saturated rings. The number of ether oxygens (including phenoxy) is 1. The van der Waals surface area contributed by atoms with Crippen molar-refractivity contribution in [2.45, 2.75) is 123 Å². The Labute approximate surface area is 404 Å². The van der Waals surface area contributed by atoms with Crippen molar-refractivity contribution in [1.82, 2.24) is 40.0 Å². The Hall–Kier alpha value is -6.08. The number of amides is 4. The number of rotatable bonds is 18. The van der Waals surface area contributed by atoms with Crippen molar-refractivity contribution < 1.29 is 42.2 Å². The van der Waals surface area contributed by atoms with Gasteiger partial charge in [0.05, 0.1) is 40.1 Å². The zero-order valence-electron chi connectivity index (χ0n) is 39.7. The second-order valence-electron chi connectivity index (χ2n) is 19.2. The van der Waals surface area contributed by atoms with Crippen molar-refractivity contribution in [2.24, 2.45) is 11.3 Å². The topological polar surface area (TPSA) is 183 Å². The number of likely N-dealkylation sites (tertiary alicyclic amines) is 2. The number of hydrogen-bond donors (Lipinski definition) is 4. The van der Waals surface area contributed by atoms with Gasteiger partial charge in [0.1, 0.15) is 23.7 Å². The van der Waals surface area contributed by atoms with Crippen molar-refractivity contribution in [3.8, 4) is 27.4 Å². The number of halogens is 3. The highest BCUT2D eigenvalue weighted by Gasteiger charge is 2.44. The van der Waals surface area contributed by atoms with Crippen LogP contribution in [0.4, 0.5) is 19.0 Å². The van der Waals surface area contributed by atoms with Crippen LogP contribution in [0.2, 0.25) is 0 Å². The van der Waals surface area contributed by atoms with E-state index < -0.39 is 35.9 Å². The van der Waals surface area contributed by atoms with Gasteiger partial charge < -0.3 is 35.6 Å². The number of aryl methyl sites for hydroxylation is 1. The lowest BCUT2D eigenvalue weighted by molar-refractivity contribution is -0.274. The molecular formula is C50H62F3N9O6S. The molecule has 5 heterocycles. The van der Waals surface area contributed by atoms with Crippen LogP contribution in [0.25, 0.3) is 27.3 Å². The summed E-state index contributed by atoms with van der Waals surface area (Å²) in [6.07, 6.45) is 1.07. The van der Waals surface area contributed by atoms with E-state index in [0.717, 1.165) is 47.4 Å². The molecular weight excluding hydrogens is 912 g/mol. The smallest absolute Gasteiger partial charge is 0.406 e. The number of fused-ring (bicyclic) bond motifs is 1. The summed E-state index contributed by atoms with van der Waals surface area (Å²) in [5, 5.41) is 24.6. The van der Waals surface area contributed by atoms with E-state index in [9.17, 15) is 37.5 Å². The number of unbranched alkanes of at least 4 members (excludes halogenated alkanes) is 3. The van der Waals surface area contributed by atoms with E-state index in [4.69, 9.17) is 0 Å². The summed E-state index contributed by atoms with van der Waals surface area (Å²) in [5.41, 5.74) is 5.57. The number of β-amino-alcohol motifs (C(OH)–C–C–N with tert-alkyl or cyclic N) is 1. The van der Waals surface area contributed by atoms with Crippen LogP contribution in [-0.2, 0) is 19.2 Å². The average molecular weight is 974 g/mol. The first-order chi connectivity index (χ1) is 32.8. The Morgan fingerprint density at radius 1 is 0.913 bits per heavy atom. The fourth-order valence-corrected chi connectivity index (χ4v) is 9.79. The fraction of sp³-hybridized carbons (Fsp3) is 0.500. The van der Waals surface area contributed by atoms with Gasteiger partial charge in [-0.1, -0.05) is 70.0 Å². The number of anilines is 1. The number of carbonyl (C=O) groups is 4. The number of nitrogens with zero attached hydrogens (tertiary/aromatic N) is 6. The van der Waals surface area contributed by atoms with E-state index in [-0.39, 0.29) is 48.9 Å². The second kappa shape index (κ2) is 22.1. The van der Waals surface area contributed by atoms with Crippen molar-refractivity contribution in [3.63, 3.8) is 0 Å². The zero-order valence-corrected chi connectivity index (χ0v) is 40.5. The highest BCUT2D eigenvalue weighted by molar-refractivity contribution is 7.13. The zero-order chi connectivity index (χ0) is 49.5. The van der Waals surface area contributed by atoms with Crippen LogP contribution in [0.5, 0.6) is 5.75 Å². The van der Waals surface area contributed by atoms with E-state index in [2.05, 4.69) is 35.8 Å². The maximum atomic E-state index is 14.1. The molecule has 69 heavy (non-hydrogen) atoms. The van der Waals surface area contributed by atoms with E-state index >= 15 is 0 Å². The van der Waals surface area contributed by atoms with Gasteiger partial charge in [-0.25, -0.2) is 14.5 Å². The summed E-state index contributed by atoms with van der Waals surface area (Å²) in [6.45, 7) is 11.4. The van der Waals surface area contributed by atoms with Gasteiger partial charge in [-0.3, -0.25) is 19.2 Å². The molecule has 19 heteroatoms. The number of carbonyl (C=O) groups excluding carboxylic acids is 4. The Morgan fingerprint density at radius 3 is 2.32 bits per heavy atom. The minimum absolute atomic E-state index is 0.00797. The number of benzene rings is 2. The van der Waals surface area contributed by atoms with Gasteiger partial charge in [-0.2, -0.15) is 0 Å². The third-order valence-electron chi connectivity index (χ3n) is 12.9. The lowest BCUT2D eigenvalue weighted by Gasteiger charge is -2.35. The molecule has 4 atom stereocenters. The molecule has 0 bridgehead atoms. The molecule has 2 saturated heterocycles. The summed E-state index contributed by atoms with van der Waals surface area (Å²) in [6, 6.07) is 15.0. The Morgan fingerprint density at radius 2 is 1.64 bits per heavy atom. The maximum absolute atomic E-state index is 14.1. The number of aliphatic hydroxyl groups is 1. The highest BCUT2D eigenvalue weighted by atomic mass is 32.1. The molecule has 2 aliphatic rings. The predicted octanol–water partition coefficient (Wildman–Crippen LogP) is 8.09. The Bertz CT molecular complexity index is 2570. The standard InChI is InChI=1S/C50H62F3N9O6S/c1-31(34-15-17-35(18-16-34)45-32(2)56-30-69-45)57-47(66)39-26-37(63)29-61(39)48(67)46(49(3,4)5)58-43(64)13-8-6-7-9-14-44(65)60-23-21-33(22-24-60)27-54-41-19-20-42-55-28-40(62(42)59-41)36-11-10-12-38(25-36)68-50(51,52)53/h10-12,15-20,25,28,30-31,33,37,39,46,63H,6-9,13-14,21-24,26-27,29H2,1-5H3,(H,54,59)(H,57,66)(H,58,64). The lowest BCUT2D eigenvalue weighted by atomic mass is 9.85. The predicted molar refractivity (Wildman–Crippen MR) is 257 cm³/mol. The number of aliphatic hydroxyl groups excluding tert-OH is 1. The third-order valence-corrected chi connectivity index (χ3v) is 13.8. The molecule has 0 saturated carbocycles. The van der Waals surface area contributed by atoms with Gasteiger partial charge >= 0.3 is 6.36 Å². The van der Waals surface area contributed by atoms with Crippen LogP contribution in [0.15, 0.2) is 72.4 Å². The molecule has 0 radical (unpaired) electrons. The molecule has 4 unspecified atom stereocenters. The van der Waals surface area contributed by atoms with Gasteiger partial charge in [0.25, 0.3) is 0 Å². The van der Waals surface area contributed by atoms with E-state index in [1.807, 2.05) is 69.3 Å². The van der Waals surface area contributed by atoms with Gasteiger partial charge in [-0.15, -0.1) is 29.6 Å². The summed E-state index contributed by atoms with van der Waals surface area (Å²) in [4.78, 5) is 67.2. The average Bonchev–Trinajstić information content (AvgIpc) is 4.05. The van der Waals surface area contributed by atoms with Crippen molar-refractivity contribution in [2.75, 3.05) is 31.5 Å². The molecule has 3 aromatic heterocycles. The first-order valence-electron chi connectivity index (χ1n) is 23.6. The molecule has 7 rings (SSSR count). The lowest BCUT2D eigenvalue weighted by Crippen LogP contribution is -2.57. The number of imidazole rings is 1. The van der Waals surface area contributed by atoms with Crippen LogP contribution in [0.1, 0.15) is 103 Å². The van der Waals surface area contributed by atoms with Crippen LogP contribution in [-0.4, -0.2) is 109 Å². The minimum atomic E-state index is -4.80. The van der Waals surface area contributed by atoms with Crippen LogP contribution in [0, 0.1) is 18.3 Å². The number of nitrogens with one attached hydrogen (secondary N) is 3. The van der Waals surface area contributed by atoms with E-state index in [1.165, 1.54) is 23.1 Å². The number of aromatic nitrogens is 4. The summed E-state index contributed by atoms with van der Waals surface area (Å²) in [7, 11) is 0. The molecule has 2 aliphatic heterocycles. The normalized spacial score (nSPS) is 17.7. The molecule has 0 aliphatic carbocycles. The molecule has 0 spiro atoms. The van der Waals surface area contributed by atoms with Crippen molar-refractivity contribution in [1.29, 1.82) is 0 Å². The Balaban J connectivity index is 0.801. The van der Waals surface area contributed by atoms with Gasteiger partial charge in [0.2, 0.25) is 23.6 Å². The van der Waals surface area contributed by atoms with Crippen molar-refractivity contribution >= 4 is 46.4 Å². The largest absolute Gasteiger partial charge is 0.573 e. The van der Waals surface area contributed by atoms with Crippen LogP contribution in [0.3, 0.4) is 0 Å². The maximum Gasteiger partial charge on any atom is 0.573 e. The van der Waals surface area contributed by atoms with Gasteiger partial charge in [0, 0.05) is 51.0 Å². The molecule has 5 aromatic rings. The Kier molecular flexibility index (Phi) is 16.3. The first kappa shape index (κ1) is 50.8. The molecule has 4 N–H and O–H groups in total. The van der Waals surface area contributed by atoms with Crippen LogP contribution < -0.4 is 20.7 Å². The number of hydrogen-bond acceptors (Lipinski definition) is 11. The minimum Gasteiger partial charge on any atom is -0.406 e. The summed E-state index contributed by atoms with van der Waals surface area (Å²) < 4.78 is 44.1. The van der Waals surface area contributed by atoms with Crippen LogP contribution >= 0.6 is 11.3 Å². The highest BCUT2D eigenvalue weighted by Crippen LogP contribution is 2.31. The number of thiazole rings is 1. The van der Waals surface area contributed by atoms with Crippen molar-refractivity contribution in [3.05, 3.63) is 83.6 Å². The first-order valence-corrected chi connectivity index (χ1v) is 24.5. The van der Waals surface area contributed by atoms with Gasteiger partial charge in [0.15, 0.2) is 5.65 Å². The summed E-state index contributed by atoms with van der Waals surface area (Å²) >= 11 is 1.57. The fourth-order valence-electron chi connectivity index (χ4n) is 8.97. The molecule has 2 aromatic carbocycles. The SMILES string of the molecule is Cc1ncsc1-c1ccc(C(C)NC(=O)C2CC(O)CN2C(=O)C(NC(=O)CCCCCCC(=O)N2CCC(CNc3ccc4ncc(-c5cccc(OC(F)(F)F)c5)n4n3)CC2)C(C)(C)C)cc1. The summed E-state index contributed by atoms with van der Waals surface area (Å²) in [5.74, 6) is -0.355. The molecule has 4 amide bonds. The number of alkyl halides is 3. The molecule has 370 valence electrons. The monoisotopic (exact) mass is 973 g/mol. The second-order valence-corrected chi connectivity index (χ2v) is 20.1. The van der Waals surface area contributed by atoms with E-state index in [1.54, 1.807) is 40.2 Å². The number of piperidine rings is 1. The van der Waals surface area contributed by atoms with Gasteiger partial charge in [-0.05, 0) is 86.3 Å². The molecule has 15 nitrogen and oxygen atoms in total. The third kappa shape index (κ3) is 13.4.